The van der Waals surface area contributed by atoms with E-state index in [0.717, 1.165) is 35.3 Å². The Morgan fingerprint density at radius 1 is 1.19 bits per heavy atom. The summed E-state index contributed by atoms with van der Waals surface area (Å²) in [6.45, 7) is 1.63. The fourth-order valence-electron chi connectivity index (χ4n) is 4.74. The standard InChI is InChI=1S/C22H19F2N3O4S/c1-12-4-2-3-5-15(12)16-9-14-8-13(16)10-26(14)19(28)11-27-22(29)25-18-7-6-17(23)20(24)21(18)32(27,30)31/h2-7,9,13-14H,8,10-11H2,1H3,(H,25,29)/t13-,14-/m1/s1. The van der Waals surface area contributed by atoms with Crippen LogP contribution >= 0.6 is 0 Å². The van der Waals surface area contributed by atoms with Crippen LogP contribution in [0, 0.1) is 24.5 Å². The molecular formula is C22H19F2N3O4S. The Kier molecular flexibility index (Phi) is 4.59. The molecule has 0 radical (unpaired) electrons. The van der Waals surface area contributed by atoms with Crippen LogP contribution in [0.1, 0.15) is 17.5 Å². The molecule has 0 unspecified atom stereocenters. The number of anilines is 1. The van der Waals surface area contributed by atoms with Crippen LogP contribution in [0.15, 0.2) is 47.4 Å². The van der Waals surface area contributed by atoms with Crippen molar-refractivity contribution in [3.8, 4) is 0 Å². The van der Waals surface area contributed by atoms with Crippen molar-refractivity contribution in [1.82, 2.24) is 9.21 Å². The van der Waals surface area contributed by atoms with Crippen molar-refractivity contribution in [2.75, 3.05) is 18.4 Å². The molecule has 1 fully saturated rings. The number of nitrogens with one attached hydrogen (secondary N) is 1. The van der Waals surface area contributed by atoms with Crippen molar-refractivity contribution in [1.29, 1.82) is 0 Å². The second-order valence-corrected chi connectivity index (χ2v) is 9.96. The van der Waals surface area contributed by atoms with Crippen LogP contribution in [0.3, 0.4) is 0 Å². The summed E-state index contributed by atoms with van der Waals surface area (Å²) in [5.41, 5.74) is 3.06. The Labute approximate surface area is 183 Å². The molecule has 2 bridgehead atoms. The first-order valence-electron chi connectivity index (χ1n) is 10.1. The normalized spacial score (nSPS) is 23.1. The number of fused-ring (bicyclic) bond motifs is 3. The van der Waals surface area contributed by atoms with E-state index in [1.165, 1.54) is 4.90 Å². The highest BCUT2D eigenvalue weighted by Crippen LogP contribution is 2.43. The first-order valence-corrected chi connectivity index (χ1v) is 11.5. The third-order valence-electron chi connectivity index (χ3n) is 6.28. The molecule has 2 atom stereocenters. The smallest absolute Gasteiger partial charge is 0.334 e. The first-order chi connectivity index (χ1) is 15.2. The average Bonchev–Trinajstić information content (AvgIpc) is 3.35. The van der Waals surface area contributed by atoms with Crippen molar-refractivity contribution in [3.63, 3.8) is 0 Å². The first kappa shape index (κ1) is 20.6. The highest BCUT2D eigenvalue weighted by molar-refractivity contribution is 7.90. The molecule has 0 aromatic heterocycles. The molecule has 10 heteroatoms. The Hall–Kier alpha value is -3.27. The summed E-state index contributed by atoms with van der Waals surface area (Å²) in [5, 5.41) is 2.22. The minimum atomic E-state index is -4.74. The summed E-state index contributed by atoms with van der Waals surface area (Å²) in [4.78, 5) is 25.9. The van der Waals surface area contributed by atoms with Crippen LogP contribution in [-0.2, 0) is 14.8 Å². The molecule has 1 N–H and O–H groups in total. The molecule has 7 nitrogen and oxygen atoms in total. The van der Waals surface area contributed by atoms with Gasteiger partial charge in [-0.05, 0) is 42.2 Å². The quantitative estimate of drug-likeness (QED) is 0.764. The zero-order chi connectivity index (χ0) is 22.8. The van der Waals surface area contributed by atoms with E-state index >= 15 is 0 Å². The van der Waals surface area contributed by atoms with Gasteiger partial charge >= 0.3 is 6.03 Å². The van der Waals surface area contributed by atoms with Crippen LogP contribution < -0.4 is 5.32 Å². The van der Waals surface area contributed by atoms with Gasteiger partial charge in [-0.2, -0.15) is 0 Å². The van der Waals surface area contributed by atoms with Crippen molar-refractivity contribution >= 4 is 33.2 Å². The molecule has 2 aliphatic heterocycles. The number of likely N-dealkylation sites (tertiary alicyclic amines) is 1. The summed E-state index contributed by atoms with van der Waals surface area (Å²) >= 11 is 0. The third kappa shape index (κ3) is 3.01. The minimum Gasteiger partial charge on any atom is -0.334 e. The van der Waals surface area contributed by atoms with Gasteiger partial charge in [0.1, 0.15) is 11.4 Å². The minimum absolute atomic E-state index is 0.115. The van der Waals surface area contributed by atoms with Crippen LogP contribution in [0.4, 0.5) is 19.3 Å². The fraction of sp³-hybridized carbons (Fsp3) is 0.273. The molecule has 2 aromatic rings. The van der Waals surface area contributed by atoms with E-state index in [-0.39, 0.29) is 22.0 Å². The maximum Gasteiger partial charge on any atom is 0.336 e. The summed E-state index contributed by atoms with van der Waals surface area (Å²) in [6, 6.07) is 8.37. The SMILES string of the molecule is Cc1ccccc1C1=C[C@H]2C[C@@H]1CN2C(=O)CN1C(=O)Nc2ccc(F)c(F)c2S1(=O)=O. The van der Waals surface area contributed by atoms with Crippen molar-refractivity contribution in [3.05, 3.63) is 65.2 Å². The predicted octanol–water partition coefficient (Wildman–Crippen LogP) is 3.12. The Morgan fingerprint density at radius 2 is 1.94 bits per heavy atom. The summed E-state index contributed by atoms with van der Waals surface area (Å²) in [6.07, 6.45) is 2.72. The van der Waals surface area contributed by atoms with E-state index < -0.39 is 45.0 Å². The van der Waals surface area contributed by atoms with Crippen molar-refractivity contribution < 1.29 is 26.8 Å². The zero-order valence-corrected chi connectivity index (χ0v) is 17.8. The average molecular weight is 459 g/mol. The van der Waals surface area contributed by atoms with E-state index in [9.17, 15) is 26.8 Å². The van der Waals surface area contributed by atoms with Gasteiger partial charge in [0.15, 0.2) is 11.6 Å². The number of hydrogen-bond donors (Lipinski definition) is 1. The maximum absolute atomic E-state index is 14.2. The zero-order valence-electron chi connectivity index (χ0n) is 17.0. The van der Waals surface area contributed by atoms with Crippen LogP contribution in [0.25, 0.3) is 5.57 Å². The molecule has 1 saturated heterocycles. The highest BCUT2D eigenvalue weighted by Gasteiger charge is 2.45. The summed E-state index contributed by atoms with van der Waals surface area (Å²) in [7, 11) is -4.74. The van der Waals surface area contributed by atoms with Gasteiger partial charge < -0.3 is 10.2 Å². The van der Waals surface area contributed by atoms with Crippen LogP contribution in [-0.4, -0.2) is 48.7 Å². The molecular weight excluding hydrogens is 440 g/mol. The molecule has 0 saturated carbocycles. The number of aryl methyl sites for hydroxylation is 1. The topological polar surface area (TPSA) is 86.8 Å². The van der Waals surface area contributed by atoms with E-state index in [0.29, 0.717) is 6.54 Å². The number of sulfonamides is 1. The number of rotatable bonds is 3. The summed E-state index contributed by atoms with van der Waals surface area (Å²) in [5.74, 6) is -3.41. The van der Waals surface area contributed by atoms with Crippen LogP contribution in [0.2, 0.25) is 0 Å². The van der Waals surface area contributed by atoms with Gasteiger partial charge in [-0.15, -0.1) is 0 Å². The van der Waals surface area contributed by atoms with Gasteiger partial charge in [0.2, 0.25) is 5.91 Å². The molecule has 3 amide bonds. The van der Waals surface area contributed by atoms with Gasteiger partial charge in [0.05, 0.1) is 11.7 Å². The molecule has 2 aromatic carbocycles. The molecule has 2 heterocycles. The molecule has 32 heavy (non-hydrogen) atoms. The van der Waals surface area contributed by atoms with Crippen LogP contribution in [0.5, 0.6) is 0 Å². The van der Waals surface area contributed by atoms with Gasteiger partial charge in [-0.3, -0.25) is 4.79 Å². The van der Waals surface area contributed by atoms with E-state index in [1.807, 2.05) is 37.3 Å². The lowest BCUT2D eigenvalue weighted by atomic mass is 9.92. The fourth-order valence-corrected chi connectivity index (χ4v) is 6.22. The summed E-state index contributed by atoms with van der Waals surface area (Å²) < 4.78 is 53.8. The Balaban J connectivity index is 1.39. The number of nitrogens with zero attached hydrogens (tertiary/aromatic N) is 2. The molecule has 0 spiro atoms. The molecule has 3 aliphatic rings. The Bertz CT molecular complexity index is 1310. The predicted molar refractivity (Wildman–Crippen MR) is 112 cm³/mol. The van der Waals surface area contributed by atoms with Crippen molar-refractivity contribution in [2.45, 2.75) is 24.3 Å². The number of carbonyl (C=O) groups excluding carboxylic acids is 2. The lowest BCUT2D eigenvalue weighted by Gasteiger charge is -2.32. The molecule has 166 valence electrons. The van der Waals surface area contributed by atoms with Gasteiger partial charge in [-0.1, -0.05) is 30.3 Å². The second kappa shape index (κ2) is 7.13. The number of hydrogen-bond acceptors (Lipinski definition) is 4. The maximum atomic E-state index is 14.2. The lowest BCUT2D eigenvalue weighted by molar-refractivity contribution is -0.131. The number of halogens is 2. The van der Waals surface area contributed by atoms with E-state index in [4.69, 9.17) is 0 Å². The van der Waals surface area contributed by atoms with Crippen molar-refractivity contribution in [2.24, 2.45) is 5.92 Å². The highest BCUT2D eigenvalue weighted by atomic mass is 32.2. The lowest BCUT2D eigenvalue weighted by Crippen LogP contribution is -2.50. The van der Waals surface area contributed by atoms with Gasteiger partial charge in [0.25, 0.3) is 10.0 Å². The number of benzene rings is 2. The third-order valence-corrected chi connectivity index (χ3v) is 8.07. The van der Waals surface area contributed by atoms with E-state index in [2.05, 4.69) is 5.32 Å². The number of urea groups is 1. The molecule has 1 aliphatic carbocycles. The van der Waals surface area contributed by atoms with E-state index in [1.54, 1.807) is 0 Å². The number of amides is 3. The van der Waals surface area contributed by atoms with Gasteiger partial charge in [0, 0.05) is 12.5 Å². The number of carbonyl (C=O) groups is 2. The second-order valence-electron chi connectivity index (χ2n) is 8.16. The Morgan fingerprint density at radius 3 is 2.62 bits per heavy atom. The monoisotopic (exact) mass is 459 g/mol. The largest absolute Gasteiger partial charge is 0.336 e. The molecule has 5 rings (SSSR count). The van der Waals surface area contributed by atoms with Gasteiger partial charge in [-0.25, -0.2) is 26.3 Å².